The highest BCUT2D eigenvalue weighted by molar-refractivity contribution is 6.35. The number of fused-ring (bicyclic) bond motifs is 1. The zero-order valence-corrected chi connectivity index (χ0v) is 23.4. The van der Waals surface area contributed by atoms with Gasteiger partial charge in [-0.15, -0.1) is 0 Å². The fourth-order valence-corrected chi connectivity index (χ4v) is 5.18. The maximum absolute atomic E-state index is 15.5. The second-order valence-electron chi connectivity index (χ2n) is 9.97. The smallest absolute Gasteiger partial charge is 0.214 e. The maximum Gasteiger partial charge on any atom is 0.214 e. The van der Waals surface area contributed by atoms with Crippen LogP contribution in [-0.2, 0) is 6.54 Å². The molecule has 0 saturated carbocycles. The van der Waals surface area contributed by atoms with Crippen LogP contribution in [0, 0.1) is 19.7 Å². The van der Waals surface area contributed by atoms with E-state index in [1.807, 2.05) is 6.92 Å². The number of pyridine rings is 3. The molecule has 1 atom stereocenters. The number of aryl methyl sites for hydroxylation is 1. The summed E-state index contributed by atoms with van der Waals surface area (Å²) in [7, 11) is 0. The van der Waals surface area contributed by atoms with Crippen LogP contribution in [0.4, 0.5) is 4.39 Å². The van der Waals surface area contributed by atoms with E-state index in [1.54, 1.807) is 50.7 Å². The number of aromatic nitrogens is 7. The van der Waals surface area contributed by atoms with Crippen molar-refractivity contribution in [2.45, 2.75) is 52.9 Å². The SMILES string of the molecule is Cc1nn(CC(C)(C)O)c(C)c1-c1ncc(-c2n[nH]c3ccc(O[C@H](C)c4c(Cl)cncc4Cl)nc23)cc1F. The third-order valence-electron chi connectivity index (χ3n) is 6.25. The molecule has 12 heteroatoms. The molecule has 39 heavy (non-hydrogen) atoms. The van der Waals surface area contributed by atoms with Crippen LogP contribution in [0.15, 0.2) is 36.8 Å². The lowest BCUT2D eigenvalue weighted by molar-refractivity contribution is 0.0570. The van der Waals surface area contributed by atoms with Crippen molar-refractivity contribution in [3.8, 4) is 28.4 Å². The predicted molar refractivity (Wildman–Crippen MR) is 147 cm³/mol. The fourth-order valence-electron chi connectivity index (χ4n) is 4.51. The van der Waals surface area contributed by atoms with Gasteiger partial charge in [0.05, 0.1) is 33.4 Å². The van der Waals surface area contributed by atoms with E-state index in [0.717, 1.165) is 0 Å². The van der Waals surface area contributed by atoms with Gasteiger partial charge in [-0.2, -0.15) is 10.2 Å². The number of nitrogens with zero attached hydrogens (tertiary/aromatic N) is 6. The van der Waals surface area contributed by atoms with Crippen molar-refractivity contribution in [3.05, 3.63) is 69.6 Å². The number of H-pyrrole nitrogens is 1. The molecule has 0 fully saturated rings. The van der Waals surface area contributed by atoms with Gasteiger partial charge in [-0.05, 0) is 46.8 Å². The van der Waals surface area contributed by atoms with E-state index in [4.69, 9.17) is 27.9 Å². The lowest BCUT2D eigenvalue weighted by Gasteiger charge is -2.18. The standard InChI is InChI=1S/C27H26Cl2FN7O2/c1-13-22(14(2)37(36-13)12-27(4,5)38)25-19(30)8-16(9-32-25)24-26-20(34-35-24)6-7-21(33-26)39-15(3)23-17(28)10-31-11-18(23)29/h6-11,15,38H,12H2,1-5H3,(H,34,35)/t15-/m1/s1. The van der Waals surface area contributed by atoms with Gasteiger partial charge in [0, 0.05) is 47.0 Å². The van der Waals surface area contributed by atoms with Crippen molar-refractivity contribution in [1.82, 2.24) is 34.9 Å². The first-order chi connectivity index (χ1) is 18.4. The van der Waals surface area contributed by atoms with Crippen molar-refractivity contribution < 1.29 is 14.2 Å². The van der Waals surface area contributed by atoms with E-state index >= 15 is 4.39 Å². The molecule has 0 aliphatic rings. The molecule has 5 heterocycles. The maximum atomic E-state index is 15.5. The lowest BCUT2D eigenvalue weighted by atomic mass is 10.1. The van der Waals surface area contributed by atoms with Crippen LogP contribution in [0.25, 0.3) is 33.5 Å². The summed E-state index contributed by atoms with van der Waals surface area (Å²) >= 11 is 12.5. The summed E-state index contributed by atoms with van der Waals surface area (Å²) in [6, 6.07) is 4.85. The average Bonchev–Trinajstić information content (AvgIpc) is 3.38. The van der Waals surface area contributed by atoms with Crippen molar-refractivity contribution in [2.75, 3.05) is 0 Å². The van der Waals surface area contributed by atoms with Gasteiger partial charge in [0.25, 0.3) is 0 Å². The molecule has 0 bridgehead atoms. The first-order valence-corrected chi connectivity index (χ1v) is 12.9. The van der Waals surface area contributed by atoms with E-state index in [0.29, 0.717) is 60.7 Å². The second-order valence-corrected chi connectivity index (χ2v) is 10.8. The summed E-state index contributed by atoms with van der Waals surface area (Å²) < 4.78 is 23.2. The van der Waals surface area contributed by atoms with Crippen molar-refractivity contribution in [2.24, 2.45) is 0 Å². The third-order valence-corrected chi connectivity index (χ3v) is 6.85. The van der Waals surface area contributed by atoms with Crippen LogP contribution < -0.4 is 4.74 Å². The van der Waals surface area contributed by atoms with Crippen LogP contribution in [-0.4, -0.2) is 45.6 Å². The first kappa shape index (κ1) is 27.0. The molecule has 0 radical (unpaired) electrons. The van der Waals surface area contributed by atoms with E-state index < -0.39 is 17.5 Å². The number of ether oxygens (including phenoxy) is 1. The summed E-state index contributed by atoms with van der Waals surface area (Å²) in [6.45, 7) is 9.08. The number of rotatable bonds is 7. The molecule has 202 valence electrons. The Morgan fingerprint density at radius 3 is 2.51 bits per heavy atom. The molecule has 0 amide bonds. The van der Waals surface area contributed by atoms with Crippen LogP contribution >= 0.6 is 23.2 Å². The zero-order valence-electron chi connectivity index (χ0n) is 21.9. The normalized spacial score (nSPS) is 12.7. The molecular weight excluding hydrogens is 544 g/mol. The number of halogens is 3. The van der Waals surface area contributed by atoms with Gasteiger partial charge in [0.15, 0.2) is 0 Å². The highest BCUT2D eigenvalue weighted by atomic mass is 35.5. The second kappa shape index (κ2) is 10.2. The Morgan fingerprint density at radius 1 is 1.13 bits per heavy atom. The highest BCUT2D eigenvalue weighted by Crippen LogP contribution is 2.34. The van der Waals surface area contributed by atoms with Crippen molar-refractivity contribution in [3.63, 3.8) is 0 Å². The van der Waals surface area contributed by atoms with Crippen LogP contribution in [0.1, 0.15) is 43.8 Å². The summed E-state index contributed by atoms with van der Waals surface area (Å²) in [5, 5.41) is 22.7. The summed E-state index contributed by atoms with van der Waals surface area (Å²) in [5.41, 5.74) is 3.73. The van der Waals surface area contributed by atoms with E-state index in [2.05, 4.69) is 30.2 Å². The molecule has 0 aliphatic carbocycles. The van der Waals surface area contributed by atoms with Gasteiger partial charge in [-0.25, -0.2) is 9.37 Å². The first-order valence-electron chi connectivity index (χ1n) is 12.2. The average molecular weight is 570 g/mol. The summed E-state index contributed by atoms with van der Waals surface area (Å²) in [6.07, 6.45) is 4.05. The quantitative estimate of drug-likeness (QED) is 0.238. The Bertz CT molecular complexity index is 1670. The zero-order chi connectivity index (χ0) is 28.1. The Morgan fingerprint density at radius 2 is 1.85 bits per heavy atom. The Kier molecular flexibility index (Phi) is 7.04. The van der Waals surface area contributed by atoms with E-state index in [9.17, 15) is 5.11 Å². The molecule has 9 nitrogen and oxygen atoms in total. The third kappa shape index (κ3) is 5.32. The number of hydrogen-bond acceptors (Lipinski definition) is 7. The van der Waals surface area contributed by atoms with Gasteiger partial charge in [0.1, 0.15) is 28.8 Å². The van der Waals surface area contributed by atoms with Crippen molar-refractivity contribution in [1.29, 1.82) is 0 Å². The fraction of sp³-hybridized carbons (Fsp3) is 0.296. The molecule has 5 aromatic heterocycles. The largest absolute Gasteiger partial charge is 0.470 e. The number of nitrogens with one attached hydrogen (secondary N) is 1. The molecular formula is C27H26Cl2FN7O2. The summed E-state index contributed by atoms with van der Waals surface area (Å²) in [5.74, 6) is -0.210. The number of hydrogen-bond donors (Lipinski definition) is 2. The van der Waals surface area contributed by atoms with Gasteiger partial charge >= 0.3 is 0 Å². The summed E-state index contributed by atoms with van der Waals surface area (Å²) in [4.78, 5) is 13.0. The highest BCUT2D eigenvalue weighted by Gasteiger charge is 2.23. The Balaban J connectivity index is 1.47. The predicted octanol–water partition coefficient (Wildman–Crippen LogP) is 6.25. The minimum Gasteiger partial charge on any atom is -0.470 e. The molecule has 0 aromatic carbocycles. The van der Waals surface area contributed by atoms with Crippen LogP contribution in [0.2, 0.25) is 10.0 Å². The van der Waals surface area contributed by atoms with Gasteiger partial charge < -0.3 is 9.84 Å². The van der Waals surface area contributed by atoms with E-state index in [1.165, 1.54) is 18.5 Å². The topological polar surface area (TPSA) is 115 Å². The van der Waals surface area contributed by atoms with Gasteiger partial charge in [-0.1, -0.05) is 23.2 Å². The van der Waals surface area contributed by atoms with E-state index in [-0.39, 0.29) is 12.2 Å². The molecule has 5 rings (SSSR count). The molecule has 5 aromatic rings. The van der Waals surface area contributed by atoms with Crippen molar-refractivity contribution >= 4 is 34.2 Å². The van der Waals surface area contributed by atoms with Crippen LogP contribution in [0.5, 0.6) is 5.88 Å². The van der Waals surface area contributed by atoms with Gasteiger partial charge in [0.2, 0.25) is 5.88 Å². The Hall–Kier alpha value is -3.60. The molecule has 2 N–H and O–H groups in total. The Labute approximate surface area is 234 Å². The number of aliphatic hydroxyl groups is 1. The monoisotopic (exact) mass is 569 g/mol. The minimum atomic E-state index is -0.971. The molecule has 0 unspecified atom stereocenters. The lowest BCUT2D eigenvalue weighted by Crippen LogP contribution is -2.27. The molecule has 0 spiro atoms. The number of aromatic amines is 1. The van der Waals surface area contributed by atoms with Crippen LogP contribution in [0.3, 0.4) is 0 Å². The minimum absolute atomic E-state index is 0.174. The molecule has 0 saturated heterocycles. The molecule has 0 aliphatic heterocycles. The van der Waals surface area contributed by atoms with Gasteiger partial charge in [-0.3, -0.25) is 19.7 Å².